The molecule has 1 heterocycles. The Morgan fingerprint density at radius 2 is 1.94 bits per heavy atom. The third-order valence-electron chi connectivity index (χ3n) is 3.20. The molecule has 0 spiro atoms. The van der Waals surface area contributed by atoms with E-state index >= 15 is 0 Å². The Balaban J connectivity index is 2.42. The zero-order valence-electron chi connectivity index (χ0n) is 10.7. The van der Waals surface area contributed by atoms with Crippen LogP contribution in [0.4, 0.5) is 0 Å². The number of aromatic nitrogens is 1. The first-order valence-corrected chi connectivity index (χ1v) is 6.66. The van der Waals surface area contributed by atoms with Gasteiger partial charge in [-0.05, 0) is 44.5 Å². The quantitative estimate of drug-likeness (QED) is 0.898. The van der Waals surface area contributed by atoms with E-state index in [9.17, 15) is 0 Å². The van der Waals surface area contributed by atoms with Gasteiger partial charge in [-0.25, -0.2) is 4.98 Å². The summed E-state index contributed by atoms with van der Waals surface area (Å²) in [6.45, 7) is 6.37. The highest BCUT2D eigenvalue weighted by atomic mass is 32.1. The number of hydrogen-bond acceptors (Lipinski definition) is 3. The van der Waals surface area contributed by atoms with Crippen LogP contribution in [-0.4, -0.2) is 12.0 Å². The molecular formula is C14H18N2S. The average Bonchev–Trinajstić information content (AvgIpc) is 2.71. The first-order valence-electron chi connectivity index (χ1n) is 5.78. The van der Waals surface area contributed by atoms with Gasteiger partial charge in [0, 0.05) is 4.88 Å². The van der Waals surface area contributed by atoms with Crippen molar-refractivity contribution in [2.24, 2.45) is 0 Å². The molecule has 0 fully saturated rings. The third kappa shape index (κ3) is 2.40. The lowest BCUT2D eigenvalue weighted by Gasteiger charge is -2.17. The molecule has 0 aliphatic heterocycles. The maximum absolute atomic E-state index is 4.33. The summed E-state index contributed by atoms with van der Waals surface area (Å²) in [7, 11) is 2.00. The van der Waals surface area contributed by atoms with Crippen molar-refractivity contribution in [3.05, 3.63) is 51.0 Å². The normalized spacial score (nSPS) is 12.7. The zero-order chi connectivity index (χ0) is 12.4. The van der Waals surface area contributed by atoms with Crippen molar-refractivity contribution in [3.8, 4) is 0 Å². The molecule has 3 heteroatoms. The molecule has 0 aliphatic rings. The molecule has 0 saturated carbocycles. The standard InChI is InChI=1S/C14H18N2S/c1-9-5-6-12(7-10(9)2)13(15-4)14-11(3)16-8-17-14/h5-8,13,15H,1-4H3. The number of thiazole rings is 1. The molecule has 0 saturated heterocycles. The second kappa shape index (κ2) is 4.98. The van der Waals surface area contributed by atoms with Crippen LogP contribution in [0.5, 0.6) is 0 Å². The Hall–Kier alpha value is -1.19. The molecule has 1 aromatic heterocycles. The second-order valence-corrected chi connectivity index (χ2v) is 5.25. The first kappa shape index (κ1) is 12.3. The molecule has 0 radical (unpaired) electrons. The van der Waals surface area contributed by atoms with E-state index in [0.29, 0.717) is 0 Å². The highest BCUT2D eigenvalue weighted by molar-refractivity contribution is 7.09. The van der Waals surface area contributed by atoms with Gasteiger partial charge in [0.1, 0.15) is 0 Å². The van der Waals surface area contributed by atoms with Gasteiger partial charge in [-0.3, -0.25) is 0 Å². The fourth-order valence-electron chi connectivity index (χ4n) is 1.98. The van der Waals surface area contributed by atoms with E-state index in [2.05, 4.69) is 49.3 Å². The fourth-order valence-corrected chi connectivity index (χ4v) is 2.92. The van der Waals surface area contributed by atoms with Gasteiger partial charge in [0.15, 0.2) is 0 Å². The van der Waals surface area contributed by atoms with Crippen LogP contribution in [0, 0.1) is 20.8 Å². The molecular weight excluding hydrogens is 228 g/mol. The minimum atomic E-state index is 0.252. The summed E-state index contributed by atoms with van der Waals surface area (Å²) in [5, 5.41) is 3.38. The molecule has 1 atom stereocenters. The summed E-state index contributed by atoms with van der Waals surface area (Å²) in [4.78, 5) is 5.63. The monoisotopic (exact) mass is 246 g/mol. The number of nitrogens with zero attached hydrogens (tertiary/aromatic N) is 1. The number of hydrogen-bond donors (Lipinski definition) is 1. The average molecular weight is 246 g/mol. The lowest BCUT2D eigenvalue weighted by atomic mass is 9.99. The lowest BCUT2D eigenvalue weighted by Crippen LogP contribution is -2.17. The summed E-state index contributed by atoms with van der Waals surface area (Å²) < 4.78 is 0. The Kier molecular flexibility index (Phi) is 3.60. The maximum atomic E-state index is 4.33. The van der Waals surface area contributed by atoms with E-state index in [1.807, 2.05) is 12.6 Å². The highest BCUT2D eigenvalue weighted by Gasteiger charge is 2.16. The van der Waals surface area contributed by atoms with Crippen molar-refractivity contribution < 1.29 is 0 Å². The predicted molar refractivity (Wildman–Crippen MR) is 73.7 cm³/mol. The highest BCUT2D eigenvalue weighted by Crippen LogP contribution is 2.28. The van der Waals surface area contributed by atoms with Crippen molar-refractivity contribution in [2.75, 3.05) is 7.05 Å². The summed E-state index contributed by atoms with van der Waals surface area (Å²) >= 11 is 1.71. The van der Waals surface area contributed by atoms with Crippen molar-refractivity contribution in [2.45, 2.75) is 26.8 Å². The molecule has 1 unspecified atom stereocenters. The Morgan fingerprint density at radius 3 is 2.47 bits per heavy atom. The van der Waals surface area contributed by atoms with E-state index in [1.54, 1.807) is 11.3 Å². The Morgan fingerprint density at radius 1 is 1.18 bits per heavy atom. The van der Waals surface area contributed by atoms with Gasteiger partial charge < -0.3 is 5.32 Å². The number of benzene rings is 1. The summed E-state index contributed by atoms with van der Waals surface area (Å²) in [5.74, 6) is 0. The van der Waals surface area contributed by atoms with Crippen LogP contribution in [0.2, 0.25) is 0 Å². The van der Waals surface area contributed by atoms with E-state index in [0.717, 1.165) is 5.69 Å². The van der Waals surface area contributed by atoms with Gasteiger partial charge in [-0.1, -0.05) is 18.2 Å². The number of nitrogens with one attached hydrogen (secondary N) is 1. The van der Waals surface area contributed by atoms with Crippen LogP contribution in [0.25, 0.3) is 0 Å². The van der Waals surface area contributed by atoms with Crippen LogP contribution in [0.1, 0.15) is 33.3 Å². The van der Waals surface area contributed by atoms with Gasteiger partial charge >= 0.3 is 0 Å². The fraction of sp³-hybridized carbons (Fsp3) is 0.357. The van der Waals surface area contributed by atoms with E-state index in [1.165, 1.54) is 21.6 Å². The second-order valence-electron chi connectivity index (χ2n) is 4.37. The van der Waals surface area contributed by atoms with Crippen molar-refractivity contribution in [1.29, 1.82) is 0 Å². The van der Waals surface area contributed by atoms with Crippen molar-refractivity contribution >= 4 is 11.3 Å². The molecule has 2 aromatic rings. The summed E-state index contributed by atoms with van der Waals surface area (Å²) in [6, 6.07) is 6.89. The molecule has 0 aliphatic carbocycles. The van der Waals surface area contributed by atoms with Crippen LogP contribution >= 0.6 is 11.3 Å². The predicted octanol–water partition coefficient (Wildman–Crippen LogP) is 3.38. The Labute approximate surface area is 107 Å². The van der Waals surface area contributed by atoms with Crippen molar-refractivity contribution in [3.63, 3.8) is 0 Å². The summed E-state index contributed by atoms with van der Waals surface area (Å²) in [6.07, 6.45) is 0. The van der Waals surface area contributed by atoms with E-state index in [4.69, 9.17) is 0 Å². The lowest BCUT2D eigenvalue weighted by molar-refractivity contribution is 0.697. The van der Waals surface area contributed by atoms with Crippen LogP contribution in [-0.2, 0) is 0 Å². The molecule has 2 rings (SSSR count). The van der Waals surface area contributed by atoms with Crippen LogP contribution in [0.15, 0.2) is 23.7 Å². The van der Waals surface area contributed by atoms with E-state index in [-0.39, 0.29) is 6.04 Å². The van der Waals surface area contributed by atoms with Gasteiger partial charge in [0.05, 0.1) is 17.2 Å². The number of rotatable bonds is 3. The topological polar surface area (TPSA) is 24.9 Å². The van der Waals surface area contributed by atoms with Crippen molar-refractivity contribution in [1.82, 2.24) is 10.3 Å². The molecule has 90 valence electrons. The van der Waals surface area contributed by atoms with Gasteiger partial charge in [-0.2, -0.15) is 0 Å². The SMILES string of the molecule is CNC(c1ccc(C)c(C)c1)c1scnc1C. The molecule has 1 aromatic carbocycles. The molecule has 1 N–H and O–H groups in total. The van der Waals surface area contributed by atoms with Crippen LogP contribution in [0.3, 0.4) is 0 Å². The molecule has 2 nitrogen and oxygen atoms in total. The van der Waals surface area contributed by atoms with Gasteiger partial charge in [-0.15, -0.1) is 11.3 Å². The van der Waals surface area contributed by atoms with Gasteiger partial charge in [0.2, 0.25) is 0 Å². The minimum Gasteiger partial charge on any atom is -0.309 e. The molecule has 0 amide bonds. The minimum absolute atomic E-state index is 0.252. The Bertz CT molecular complexity index is 517. The zero-order valence-corrected chi connectivity index (χ0v) is 11.6. The molecule has 17 heavy (non-hydrogen) atoms. The maximum Gasteiger partial charge on any atom is 0.0798 e. The van der Waals surface area contributed by atoms with Crippen LogP contribution < -0.4 is 5.32 Å². The van der Waals surface area contributed by atoms with Gasteiger partial charge in [0.25, 0.3) is 0 Å². The van der Waals surface area contributed by atoms with E-state index < -0.39 is 0 Å². The summed E-state index contributed by atoms with van der Waals surface area (Å²) in [5.41, 5.74) is 7.01. The first-order chi connectivity index (χ1) is 8.13. The third-order valence-corrected chi connectivity index (χ3v) is 4.19. The largest absolute Gasteiger partial charge is 0.309 e. The number of aryl methyl sites for hydroxylation is 3. The smallest absolute Gasteiger partial charge is 0.0798 e. The molecule has 0 bridgehead atoms.